The van der Waals surface area contributed by atoms with Crippen molar-refractivity contribution in [1.82, 2.24) is 15.4 Å². The molecule has 8 heteroatoms. The molecule has 0 spiro atoms. The Morgan fingerprint density at radius 3 is 2.65 bits per heavy atom. The average Bonchev–Trinajstić information content (AvgIpc) is 2.21. The highest BCUT2D eigenvalue weighted by atomic mass is 16.2. The van der Waals surface area contributed by atoms with Crippen molar-refractivity contribution in [2.45, 2.75) is 19.9 Å². The first-order valence-electron chi connectivity index (χ1n) is 4.83. The minimum atomic E-state index is -0.692. The fourth-order valence-electron chi connectivity index (χ4n) is 1.03. The molecule has 1 aromatic heterocycles. The minimum absolute atomic E-state index is 0.162. The maximum Gasteiger partial charge on any atom is 0.325 e. The van der Waals surface area contributed by atoms with E-state index in [0.717, 1.165) is 6.21 Å². The number of aromatic nitrogens is 2. The van der Waals surface area contributed by atoms with E-state index in [0.29, 0.717) is 5.69 Å². The van der Waals surface area contributed by atoms with Crippen molar-refractivity contribution < 1.29 is 4.79 Å². The monoisotopic (exact) mass is 239 g/mol. The number of amides is 1. The molecule has 1 rings (SSSR count). The Morgan fingerprint density at radius 1 is 1.47 bits per heavy atom. The van der Waals surface area contributed by atoms with Crippen molar-refractivity contribution in [1.29, 1.82) is 0 Å². The highest BCUT2D eigenvalue weighted by Gasteiger charge is 2.05. The number of carbonyl (C=O) groups excluding carboxylic acids is 1. The predicted molar refractivity (Wildman–Crippen MR) is 61.8 cm³/mol. The first-order valence-corrected chi connectivity index (χ1v) is 4.83. The van der Waals surface area contributed by atoms with Crippen LogP contribution >= 0.6 is 0 Å². The summed E-state index contributed by atoms with van der Waals surface area (Å²) in [4.78, 5) is 37.8. The maximum atomic E-state index is 11.4. The van der Waals surface area contributed by atoms with Crippen LogP contribution in [0, 0.1) is 6.92 Å². The number of aromatic amines is 2. The Labute approximate surface area is 95.9 Å². The molecular formula is C9H13N5O3. The van der Waals surface area contributed by atoms with Gasteiger partial charge in [-0.05, 0) is 13.8 Å². The van der Waals surface area contributed by atoms with Crippen molar-refractivity contribution in [3.63, 3.8) is 0 Å². The predicted octanol–water partition coefficient (Wildman–Crippen LogP) is -1.83. The number of nitrogens with zero attached hydrogens (tertiary/aromatic N) is 1. The van der Waals surface area contributed by atoms with Crippen molar-refractivity contribution >= 4 is 12.1 Å². The molecule has 0 aromatic carbocycles. The lowest BCUT2D eigenvalue weighted by Crippen LogP contribution is -2.35. The van der Waals surface area contributed by atoms with E-state index in [1.54, 1.807) is 6.92 Å². The molecule has 8 nitrogen and oxygen atoms in total. The third kappa shape index (κ3) is 3.38. The van der Waals surface area contributed by atoms with Crippen molar-refractivity contribution in [2.24, 2.45) is 10.8 Å². The number of hydrogen-bond acceptors (Lipinski definition) is 5. The van der Waals surface area contributed by atoms with Crippen molar-refractivity contribution in [2.75, 3.05) is 0 Å². The van der Waals surface area contributed by atoms with Gasteiger partial charge in [0.05, 0.1) is 17.8 Å². The molecule has 0 aliphatic carbocycles. The topological polar surface area (TPSA) is 133 Å². The molecule has 0 aliphatic heterocycles. The molecule has 0 saturated heterocycles. The molecule has 0 bridgehead atoms. The molecule has 17 heavy (non-hydrogen) atoms. The van der Waals surface area contributed by atoms with Gasteiger partial charge in [-0.2, -0.15) is 5.10 Å². The lowest BCUT2D eigenvalue weighted by atomic mass is 10.2. The van der Waals surface area contributed by atoms with Gasteiger partial charge in [0.2, 0.25) is 0 Å². The Bertz CT molecular complexity index is 554. The first kappa shape index (κ1) is 12.8. The summed E-state index contributed by atoms with van der Waals surface area (Å²) in [6.07, 6.45) is 1.14. The zero-order valence-corrected chi connectivity index (χ0v) is 9.40. The van der Waals surface area contributed by atoms with Crippen LogP contribution in [-0.2, 0) is 4.79 Å². The zero-order valence-electron chi connectivity index (χ0n) is 9.40. The number of H-pyrrole nitrogens is 2. The fraction of sp³-hybridized carbons (Fsp3) is 0.333. The number of hydrogen-bond donors (Lipinski definition) is 4. The van der Waals surface area contributed by atoms with Gasteiger partial charge in [0, 0.05) is 5.69 Å². The van der Waals surface area contributed by atoms with E-state index >= 15 is 0 Å². The summed E-state index contributed by atoms with van der Waals surface area (Å²) in [5.41, 5.74) is 6.80. The lowest BCUT2D eigenvalue weighted by Gasteiger charge is -2.02. The molecule has 0 aliphatic rings. The normalized spacial score (nSPS) is 12.6. The molecule has 0 radical (unpaired) electrons. The van der Waals surface area contributed by atoms with Crippen LogP contribution in [0.4, 0.5) is 0 Å². The van der Waals surface area contributed by atoms with Crippen LogP contribution < -0.4 is 22.4 Å². The number of nitrogens with two attached hydrogens (primary N) is 1. The van der Waals surface area contributed by atoms with Gasteiger partial charge in [-0.3, -0.25) is 14.6 Å². The highest BCUT2D eigenvalue weighted by molar-refractivity contribution is 5.84. The quantitative estimate of drug-likeness (QED) is 0.364. The van der Waals surface area contributed by atoms with Gasteiger partial charge < -0.3 is 10.7 Å². The summed E-state index contributed by atoms with van der Waals surface area (Å²) < 4.78 is 0. The van der Waals surface area contributed by atoms with Crippen LogP contribution in [0.15, 0.2) is 14.7 Å². The second-order valence-electron chi connectivity index (χ2n) is 3.47. The number of rotatable bonds is 3. The summed E-state index contributed by atoms with van der Waals surface area (Å²) in [7, 11) is 0. The maximum absolute atomic E-state index is 11.4. The van der Waals surface area contributed by atoms with Crippen LogP contribution in [0.3, 0.4) is 0 Å². The van der Waals surface area contributed by atoms with E-state index in [-0.39, 0.29) is 5.56 Å². The van der Waals surface area contributed by atoms with Crippen molar-refractivity contribution in [3.8, 4) is 0 Å². The number of aryl methyl sites for hydroxylation is 1. The Hall–Kier alpha value is -2.22. The Morgan fingerprint density at radius 2 is 2.12 bits per heavy atom. The van der Waals surface area contributed by atoms with Gasteiger partial charge in [-0.25, -0.2) is 10.2 Å². The summed E-state index contributed by atoms with van der Waals surface area (Å²) in [6, 6.07) is -0.692. The van der Waals surface area contributed by atoms with E-state index in [1.807, 2.05) is 4.98 Å². The van der Waals surface area contributed by atoms with Crippen LogP contribution in [0.1, 0.15) is 18.2 Å². The molecule has 1 aromatic rings. The van der Waals surface area contributed by atoms with Crippen LogP contribution in [0.2, 0.25) is 0 Å². The zero-order chi connectivity index (χ0) is 13.0. The number of carbonyl (C=O) groups is 1. The fourth-order valence-corrected chi connectivity index (χ4v) is 1.03. The molecule has 0 saturated carbocycles. The average molecular weight is 239 g/mol. The van der Waals surface area contributed by atoms with E-state index in [2.05, 4.69) is 15.5 Å². The van der Waals surface area contributed by atoms with Gasteiger partial charge in [-0.15, -0.1) is 0 Å². The summed E-state index contributed by atoms with van der Waals surface area (Å²) in [5.74, 6) is -0.472. The first-order chi connectivity index (χ1) is 7.91. The van der Waals surface area contributed by atoms with Crippen LogP contribution in [0.5, 0.6) is 0 Å². The summed E-state index contributed by atoms with van der Waals surface area (Å²) >= 11 is 0. The van der Waals surface area contributed by atoms with Crippen LogP contribution in [-0.4, -0.2) is 28.1 Å². The minimum Gasteiger partial charge on any atom is -0.320 e. The SMILES string of the molecule is Cc1[nH]c(=O)[nH]c(=O)c1/C=N\NC(=O)[C@@H](C)N. The highest BCUT2D eigenvalue weighted by Crippen LogP contribution is 1.89. The molecular weight excluding hydrogens is 226 g/mol. The third-order valence-corrected chi connectivity index (χ3v) is 1.96. The van der Waals surface area contributed by atoms with Gasteiger partial charge in [0.25, 0.3) is 11.5 Å². The molecule has 1 atom stereocenters. The molecule has 1 heterocycles. The van der Waals surface area contributed by atoms with Gasteiger partial charge in [-0.1, -0.05) is 0 Å². The number of hydrazone groups is 1. The van der Waals surface area contributed by atoms with Gasteiger partial charge in [0.15, 0.2) is 0 Å². The molecule has 0 fully saturated rings. The molecule has 5 N–H and O–H groups in total. The smallest absolute Gasteiger partial charge is 0.320 e. The number of nitrogens with one attached hydrogen (secondary N) is 3. The van der Waals surface area contributed by atoms with E-state index in [9.17, 15) is 14.4 Å². The van der Waals surface area contributed by atoms with E-state index in [1.165, 1.54) is 6.92 Å². The lowest BCUT2D eigenvalue weighted by molar-refractivity contribution is -0.121. The third-order valence-electron chi connectivity index (χ3n) is 1.96. The summed E-state index contributed by atoms with van der Waals surface area (Å²) in [5, 5.41) is 3.57. The molecule has 1 amide bonds. The van der Waals surface area contributed by atoms with Gasteiger partial charge in [0.1, 0.15) is 0 Å². The summed E-state index contributed by atoms with van der Waals surface area (Å²) in [6.45, 7) is 3.05. The van der Waals surface area contributed by atoms with Crippen LogP contribution in [0.25, 0.3) is 0 Å². The molecule has 92 valence electrons. The van der Waals surface area contributed by atoms with E-state index < -0.39 is 23.2 Å². The second-order valence-corrected chi connectivity index (χ2v) is 3.47. The van der Waals surface area contributed by atoms with Gasteiger partial charge >= 0.3 is 5.69 Å². The standard InChI is InChI=1S/C9H13N5O3/c1-4(10)7(15)14-11-3-6-5(2)12-9(17)13-8(6)16/h3-4H,10H2,1-2H3,(H,14,15)(H2,12,13,16,17)/b11-3-/t4-/m1/s1. The Kier molecular flexibility index (Phi) is 3.94. The van der Waals surface area contributed by atoms with Crippen molar-refractivity contribution in [3.05, 3.63) is 32.1 Å². The van der Waals surface area contributed by atoms with E-state index in [4.69, 9.17) is 5.73 Å². The second kappa shape index (κ2) is 5.21. The molecule has 0 unspecified atom stereocenters. The largest absolute Gasteiger partial charge is 0.325 e. The Balaban J connectivity index is 2.90.